The molecule has 0 radical (unpaired) electrons. The molecule has 3 rings (SSSR count). The molecule has 2 unspecified atom stereocenters. The summed E-state index contributed by atoms with van der Waals surface area (Å²) < 4.78 is 25.4. The molecule has 138 valence electrons. The molecule has 0 bridgehead atoms. The van der Waals surface area contributed by atoms with Crippen LogP contribution in [0.5, 0.6) is 0 Å². The van der Waals surface area contributed by atoms with Crippen molar-refractivity contribution in [2.45, 2.75) is 36.8 Å². The summed E-state index contributed by atoms with van der Waals surface area (Å²) in [5.41, 5.74) is 3.96. The van der Waals surface area contributed by atoms with Crippen LogP contribution in [0.2, 0.25) is 0 Å². The van der Waals surface area contributed by atoms with Gasteiger partial charge in [0.15, 0.2) is 5.82 Å². The molecule has 2 aromatic rings. The Labute approximate surface area is 144 Å². The van der Waals surface area contributed by atoms with Crippen molar-refractivity contribution >= 4 is 26.7 Å². The second kappa shape index (κ2) is 6.84. The second-order valence-electron chi connectivity index (χ2n) is 5.98. The Morgan fingerprint density at radius 3 is 2.80 bits per heavy atom. The van der Waals surface area contributed by atoms with E-state index in [1.807, 2.05) is 6.20 Å². The lowest BCUT2D eigenvalue weighted by atomic mass is 10.1. The molecule has 2 atom stereocenters. The lowest BCUT2D eigenvalue weighted by Gasteiger charge is -2.16. The number of nitrogens with one attached hydrogen (secondary N) is 1. The molecule has 10 nitrogen and oxygen atoms in total. The third-order valence-corrected chi connectivity index (χ3v) is 4.89. The quantitative estimate of drug-likeness (QED) is 0.461. The largest absolute Gasteiger partial charge is 0.394 e. The van der Waals surface area contributed by atoms with Crippen molar-refractivity contribution < 1.29 is 28.6 Å². The molecule has 0 saturated heterocycles. The average Bonchev–Trinajstić information content (AvgIpc) is 2.79. The van der Waals surface area contributed by atoms with Crippen LogP contribution in [-0.4, -0.2) is 69.9 Å². The fourth-order valence-electron chi connectivity index (χ4n) is 2.71. The summed E-state index contributed by atoms with van der Waals surface area (Å²) in [6.45, 7) is 0.134. The molecular weight excluding hydrogens is 352 g/mol. The summed E-state index contributed by atoms with van der Waals surface area (Å²) in [7, 11) is -3.62. The van der Waals surface area contributed by atoms with Gasteiger partial charge in [-0.15, -0.1) is 0 Å². The highest BCUT2D eigenvalue weighted by Gasteiger charge is 2.23. The predicted molar refractivity (Wildman–Crippen MR) is 87.6 cm³/mol. The maximum atomic E-state index is 11.9. The third kappa shape index (κ3) is 3.60. The average molecular weight is 372 g/mol. The van der Waals surface area contributed by atoms with Gasteiger partial charge < -0.3 is 19.9 Å². The fourth-order valence-corrected chi connectivity index (χ4v) is 3.22. The first-order valence-electron chi connectivity index (χ1n) is 7.76. The molecule has 0 aromatic carbocycles. The number of rotatable bonds is 6. The summed E-state index contributed by atoms with van der Waals surface area (Å²) >= 11 is 0. The van der Waals surface area contributed by atoms with Crippen LogP contribution < -0.4 is 5.48 Å². The van der Waals surface area contributed by atoms with Crippen molar-refractivity contribution in [3.63, 3.8) is 0 Å². The molecule has 0 aliphatic carbocycles. The van der Waals surface area contributed by atoms with E-state index in [1.165, 1.54) is 0 Å². The Hall–Kier alpha value is -1.79. The van der Waals surface area contributed by atoms with Gasteiger partial charge >= 0.3 is 0 Å². The van der Waals surface area contributed by atoms with Crippen molar-refractivity contribution in [1.29, 1.82) is 0 Å². The second-order valence-corrected chi connectivity index (χ2v) is 7.89. The van der Waals surface area contributed by atoms with Gasteiger partial charge in [0.1, 0.15) is 11.8 Å². The maximum absolute atomic E-state index is 11.9. The van der Waals surface area contributed by atoms with Gasteiger partial charge in [-0.3, -0.25) is 4.84 Å². The van der Waals surface area contributed by atoms with E-state index in [4.69, 9.17) is 9.94 Å². The molecule has 1 aliphatic heterocycles. The van der Waals surface area contributed by atoms with E-state index < -0.39 is 28.7 Å². The first-order valence-corrected chi connectivity index (χ1v) is 9.65. The van der Waals surface area contributed by atoms with Crippen LogP contribution in [0.25, 0.3) is 11.0 Å². The van der Waals surface area contributed by atoms with Crippen molar-refractivity contribution in [2.75, 3.05) is 24.9 Å². The maximum Gasteiger partial charge on any atom is 0.250 e. The number of hydrogen-bond donors (Lipinski definition) is 4. The van der Waals surface area contributed by atoms with Crippen LogP contribution in [-0.2, 0) is 27.6 Å². The van der Waals surface area contributed by atoms with E-state index in [9.17, 15) is 18.6 Å². The minimum Gasteiger partial charge on any atom is -0.394 e. The Bertz CT molecular complexity index is 881. The standard InChI is InChI=1S/C14H20N4O6S/c1-25(22,23)14-15-12-11-8(3-5-24-17-12)6-18(13(11)16-14)4-2-9(20)10(21)7-19/h6,9-10,19-21H,2-5,7H2,1H3,(H,15,16,17). The Balaban J connectivity index is 2.04. The van der Waals surface area contributed by atoms with Gasteiger partial charge in [0.05, 0.1) is 24.7 Å². The highest BCUT2D eigenvalue weighted by atomic mass is 32.2. The predicted octanol–water partition coefficient (Wildman–Crippen LogP) is -1.16. The van der Waals surface area contributed by atoms with Gasteiger partial charge in [0, 0.05) is 25.4 Å². The summed E-state index contributed by atoms with van der Waals surface area (Å²) in [6.07, 6.45) is 1.26. The van der Waals surface area contributed by atoms with E-state index in [0.29, 0.717) is 24.1 Å². The summed E-state index contributed by atoms with van der Waals surface area (Å²) in [4.78, 5) is 13.4. The molecule has 0 amide bonds. The van der Waals surface area contributed by atoms with Crippen molar-refractivity contribution in [1.82, 2.24) is 14.5 Å². The van der Waals surface area contributed by atoms with Gasteiger partial charge in [0.2, 0.25) is 9.84 Å². The minimum absolute atomic E-state index is 0.169. The molecule has 4 N–H and O–H groups in total. The first kappa shape index (κ1) is 18.0. The normalized spacial score (nSPS) is 17.1. The number of aryl methyl sites for hydroxylation is 1. The van der Waals surface area contributed by atoms with Crippen molar-refractivity contribution in [3.8, 4) is 0 Å². The van der Waals surface area contributed by atoms with Crippen LogP contribution in [0.15, 0.2) is 11.4 Å². The Morgan fingerprint density at radius 1 is 1.36 bits per heavy atom. The molecule has 1 aliphatic rings. The number of anilines is 1. The molecular formula is C14H20N4O6S. The van der Waals surface area contributed by atoms with Crippen molar-refractivity contribution in [3.05, 3.63) is 11.8 Å². The minimum atomic E-state index is -3.62. The third-order valence-electron chi connectivity index (χ3n) is 4.05. The van der Waals surface area contributed by atoms with Crippen LogP contribution >= 0.6 is 0 Å². The highest BCUT2D eigenvalue weighted by molar-refractivity contribution is 7.90. The van der Waals surface area contributed by atoms with Crippen LogP contribution in [0, 0.1) is 0 Å². The molecule has 0 saturated carbocycles. The molecule has 25 heavy (non-hydrogen) atoms. The highest BCUT2D eigenvalue weighted by Crippen LogP contribution is 2.30. The molecule has 11 heteroatoms. The zero-order valence-electron chi connectivity index (χ0n) is 13.6. The lowest BCUT2D eigenvalue weighted by molar-refractivity contribution is -0.0191. The molecule has 2 aromatic heterocycles. The van der Waals surface area contributed by atoms with E-state index in [-0.39, 0.29) is 23.9 Å². The monoisotopic (exact) mass is 372 g/mol. The Kier molecular flexibility index (Phi) is 4.93. The van der Waals surface area contributed by atoms with Gasteiger partial charge in [-0.25, -0.2) is 13.9 Å². The zero-order chi connectivity index (χ0) is 18.2. The topological polar surface area (TPSA) is 147 Å². The van der Waals surface area contributed by atoms with Gasteiger partial charge in [-0.05, 0) is 12.0 Å². The van der Waals surface area contributed by atoms with Crippen LogP contribution in [0.4, 0.5) is 5.82 Å². The molecule has 0 fully saturated rings. The van der Waals surface area contributed by atoms with Crippen molar-refractivity contribution in [2.24, 2.45) is 0 Å². The molecule has 3 heterocycles. The lowest BCUT2D eigenvalue weighted by Crippen LogP contribution is -2.30. The summed E-state index contributed by atoms with van der Waals surface area (Å²) in [5, 5.41) is 28.5. The van der Waals surface area contributed by atoms with Gasteiger partial charge in [0.25, 0.3) is 5.16 Å². The SMILES string of the molecule is CS(=O)(=O)c1nc2c3c(cn(CCC(O)C(O)CO)c3n1)CCON2. The number of aliphatic hydroxyl groups is 3. The van der Waals surface area contributed by atoms with E-state index >= 15 is 0 Å². The molecule has 0 spiro atoms. The van der Waals surface area contributed by atoms with E-state index in [1.54, 1.807) is 4.57 Å². The Morgan fingerprint density at radius 2 is 2.12 bits per heavy atom. The number of hydrogen-bond acceptors (Lipinski definition) is 9. The fraction of sp³-hybridized carbons (Fsp3) is 0.571. The number of aromatic nitrogens is 3. The number of nitrogens with zero attached hydrogens (tertiary/aromatic N) is 3. The smallest absolute Gasteiger partial charge is 0.250 e. The van der Waals surface area contributed by atoms with Crippen LogP contribution in [0.3, 0.4) is 0 Å². The summed E-state index contributed by atoms with van der Waals surface area (Å²) in [6, 6.07) is 0. The number of aliphatic hydroxyl groups excluding tert-OH is 3. The zero-order valence-corrected chi connectivity index (χ0v) is 14.4. The van der Waals surface area contributed by atoms with Gasteiger partial charge in [-0.2, -0.15) is 9.97 Å². The first-order chi connectivity index (χ1) is 11.8. The van der Waals surface area contributed by atoms with Gasteiger partial charge in [-0.1, -0.05) is 0 Å². The summed E-state index contributed by atoms with van der Waals surface area (Å²) in [5.74, 6) is 0.285. The number of sulfone groups is 1. The van der Waals surface area contributed by atoms with E-state index in [0.717, 1.165) is 11.8 Å². The van der Waals surface area contributed by atoms with Crippen LogP contribution in [0.1, 0.15) is 12.0 Å². The van der Waals surface area contributed by atoms with E-state index in [2.05, 4.69) is 15.4 Å².